The summed E-state index contributed by atoms with van der Waals surface area (Å²) in [6.45, 7) is 4.20. The van der Waals surface area contributed by atoms with E-state index in [9.17, 15) is 0 Å². The zero-order valence-electron chi connectivity index (χ0n) is 10.9. The Balaban J connectivity index is 2.10. The van der Waals surface area contributed by atoms with E-state index in [4.69, 9.17) is 0 Å². The van der Waals surface area contributed by atoms with Gasteiger partial charge in [0.25, 0.3) is 0 Å². The largest absolute Gasteiger partial charge is 0.372 e. The summed E-state index contributed by atoms with van der Waals surface area (Å²) in [5.41, 5.74) is 2.50. The smallest absolute Gasteiger partial charge is 0.147 e. The Kier molecular flexibility index (Phi) is 3.77. The summed E-state index contributed by atoms with van der Waals surface area (Å²) in [6.07, 6.45) is 3.42. The van der Waals surface area contributed by atoms with Crippen molar-refractivity contribution < 1.29 is 0 Å². The van der Waals surface area contributed by atoms with Crippen LogP contribution in [-0.4, -0.2) is 17.0 Å². The zero-order valence-corrected chi connectivity index (χ0v) is 10.9. The lowest BCUT2D eigenvalue weighted by atomic mass is 10.1. The number of nitrogens with zero attached hydrogens (tertiary/aromatic N) is 2. The average Bonchev–Trinajstić information content (AvgIpc) is 2.39. The Bertz CT molecular complexity index is 507. The van der Waals surface area contributed by atoms with Gasteiger partial charge in [0.05, 0.1) is 12.4 Å². The first-order valence-corrected chi connectivity index (χ1v) is 6.02. The van der Waals surface area contributed by atoms with E-state index in [2.05, 4.69) is 58.7 Å². The van der Waals surface area contributed by atoms with E-state index in [0.717, 1.165) is 11.6 Å². The molecule has 0 aliphatic carbocycles. The van der Waals surface area contributed by atoms with Gasteiger partial charge in [0.15, 0.2) is 0 Å². The lowest BCUT2D eigenvalue weighted by Crippen LogP contribution is -2.09. The number of aryl methyl sites for hydroxylation is 1. The first-order chi connectivity index (χ1) is 8.69. The van der Waals surface area contributed by atoms with Crippen LogP contribution in [0.3, 0.4) is 0 Å². The minimum Gasteiger partial charge on any atom is -0.372 e. The minimum absolute atomic E-state index is 0.201. The molecule has 2 rings (SSSR count). The number of hydrogen-bond acceptors (Lipinski definition) is 4. The normalized spacial score (nSPS) is 11.9. The molecule has 0 aliphatic heterocycles. The van der Waals surface area contributed by atoms with Gasteiger partial charge in [0.2, 0.25) is 0 Å². The number of hydrogen-bond donors (Lipinski definition) is 2. The van der Waals surface area contributed by atoms with E-state index in [1.54, 1.807) is 12.4 Å². The molecule has 0 radical (unpaired) electrons. The Morgan fingerprint density at radius 2 is 1.72 bits per heavy atom. The molecule has 0 aliphatic rings. The predicted octanol–water partition coefficient (Wildman–Crippen LogP) is 3.00. The van der Waals surface area contributed by atoms with Crippen molar-refractivity contribution in [1.29, 1.82) is 0 Å². The predicted molar refractivity (Wildman–Crippen MR) is 74.8 cm³/mol. The molecule has 4 heteroatoms. The third-order valence-electron chi connectivity index (χ3n) is 2.83. The second-order valence-corrected chi connectivity index (χ2v) is 4.32. The van der Waals surface area contributed by atoms with Gasteiger partial charge in [-0.05, 0) is 19.4 Å². The van der Waals surface area contributed by atoms with E-state index in [1.165, 1.54) is 11.1 Å². The number of anilines is 2. The van der Waals surface area contributed by atoms with Crippen LogP contribution in [0, 0.1) is 6.92 Å². The monoisotopic (exact) mass is 242 g/mol. The van der Waals surface area contributed by atoms with Crippen LogP contribution < -0.4 is 10.6 Å². The molecule has 4 nitrogen and oxygen atoms in total. The summed E-state index contributed by atoms with van der Waals surface area (Å²) in [6, 6.07) is 8.68. The number of aromatic nitrogens is 2. The molecule has 1 aromatic carbocycles. The third-order valence-corrected chi connectivity index (χ3v) is 2.83. The highest BCUT2D eigenvalue weighted by molar-refractivity contribution is 5.43. The van der Waals surface area contributed by atoms with Crippen molar-refractivity contribution in [2.45, 2.75) is 19.9 Å². The van der Waals surface area contributed by atoms with Crippen LogP contribution in [0.15, 0.2) is 36.7 Å². The molecule has 0 amide bonds. The van der Waals surface area contributed by atoms with E-state index < -0.39 is 0 Å². The molecule has 1 heterocycles. The van der Waals surface area contributed by atoms with Crippen molar-refractivity contribution in [3.05, 3.63) is 47.8 Å². The molecule has 94 valence electrons. The molecule has 0 fully saturated rings. The van der Waals surface area contributed by atoms with E-state index in [1.807, 2.05) is 7.05 Å². The zero-order chi connectivity index (χ0) is 13.0. The second-order valence-electron chi connectivity index (χ2n) is 4.32. The molecule has 0 saturated heterocycles. The summed E-state index contributed by atoms with van der Waals surface area (Å²) in [5.74, 6) is 1.53. The summed E-state index contributed by atoms with van der Waals surface area (Å²) >= 11 is 0. The van der Waals surface area contributed by atoms with Crippen molar-refractivity contribution in [3.63, 3.8) is 0 Å². The molecule has 0 saturated carbocycles. The van der Waals surface area contributed by atoms with Crippen LogP contribution in [0.4, 0.5) is 11.6 Å². The second kappa shape index (κ2) is 5.49. The fraction of sp³-hybridized carbons (Fsp3) is 0.286. The van der Waals surface area contributed by atoms with Gasteiger partial charge in [-0.25, -0.2) is 4.98 Å². The van der Waals surface area contributed by atoms with Crippen molar-refractivity contribution in [1.82, 2.24) is 9.97 Å². The third kappa shape index (κ3) is 2.97. The Morgan fingerprint density at radius 1 is 1.06 bits per heavy atom. The lowest BCUT2D eigenvalue weighted by Gasteiger charge is -2.15. The molecule has 0 bridgehead atoms. The maximum absolute atomic E-state index is 4.39. The average molecular weight is 242 g/mol. The Hall–Kier alpha value is -2.10. The van der Waals surface area contributed by atoms with E-state index in [0.29, 0.717) is 0 Å². The summed E-state index contributed by atoms with van der Waals surface area (Å²) in [7, 11) is 1.83. The quantitative estimate of drug-likeness (QED) is 0.865. The van der Waals surface area contributed by atoms with Crippen molar-refractivity contribution in [2.24, 2.45) is 0 Å². The fourth-order valence-corrected chi connectivity index (χ4v) is 1.72. The van der Waals surface area contributed by atoms with Crippen LogP contribution in [-0.2, 0) is 0 Å². The Morgan fingerprint density at radius 3 is 2.39 bits per heavy atom. The highest BCUT2D eigenvalue weighted by Crippen LogP contribution is 2.18. The summed E-state index contributed by atoms with van der Waals surface area (Å²) in [4.78, 5) is 8.52. The molecule has 2 aromatic rings. The fourth-order valence-electron chi connectivity index (χ4n) is 1.72. The summed E-state index contributed by atoms with van der Waals surface area (Å²) in [5, 5.41) is 6.31. The number of benzene rings is 1. The SMILES string of the molecule is CNc1cncc(NC(C)c2ccc(C)cc2)n1. The van der Waals surface area contributed by atoms with E-state index >= 15 is 0 Å². The molecule has 1 aromatic heterocycles. The molecule has 1 unspecified atom stereocenters. The number of nitrogens with one attached hydrogen (secondary N) is 2. The van der Waals surface area contributed by atoms with Gasteiger partial charge in [-0.15, -0.1) is 0 Å². The topological polar surface area (TPSA) is 49.8 Å². The molecular weight excluding hydrogens is 224 g/mol. The van der Waals surface area contributed by atoms with Crippen LogP contribution in [0.5, 0.6) is 0 Å². The van der Waals surface area contributed by atoms with Gasteiger partial charge >= 0.3 is 0 Å². The molecule has 18 heavy (non-hydrogen) atoms. The van der Waals surface area contributed by atoms with Gasteiger partial charge in [-0.2, -0.15) is 0 Å². The van der Waals surface area contributed by atoms with Crippen LogP contribution in [0.1, 0.15) is 24.1 Å². The van der Waals surface area contributed by atoms with Gasteiger partial charge in [0, 0.05) is 13.1 Å². The first-order valence-electron chi connectivity index (χ1n) is 6.02. The number of rotatable bonds is 4. The molecular formula is C14H18N4. The van der Waals surface area contributed by atoms with Gasteiger partial charge in [0.1, 0.15) is 11.6 Å². The maximum atomic E-state index is 4.39. The lowest BCUT2D eigenvalue weighted by molar-refractivity contribution is 0.871. The standard InChI is InChI=1S/C14H18N4/c1-10-4-6-12(7-5-10)11(2)17-14-9-16-8-13(15-3)18-14/h4-9,11H,1-3H3,(H2,15,17,18). The molecule has 1 atom stereocenters. The van der Waals surface area contributed by atoms with Crippen LogP contribution >= 0.6 is 0 Å². The first kappa shape index (κ1) is 12.4. The highest BCUT2D eigenvalue weighted by Gasteiger charge is 2.06. The van der Waals surface area contributed by atoms with Crippen LogP contribution in [0.2, 0.25) is 0 Å². The van der Waals surface area contributed by atoms with Gasteiger partial charge in [-0.1, -0.05) is 29.8 Å². The van der Waals surface area contributed by atoms with Crippen molar-refractivity contribution in [2.75, 3.05) is 17.7 Å². The van der Waals surface area contributed by atoms with Crippen LogP contribution in [0.25, 0.3) is 0 Å². The molecule has 2 N–H and O–H groups in total. The van der Waals surface area contributed by atoms with Gasteiger partial charge in [-0.3, -0.25) is 4.98 Å². The van der Waals surface area contributed by atoms with Crippen molar-refractivity contribution >= 4 is 11.6 Å². The van der Waals surface area contributed by atoms with E-state index in [-0.39, 0.29) is 6.04 Å². The van der Waals surface area contributed by atoms with Gasteiger partial charge < -0.3 is 10.6 Å². The van der Waals surface area contributed by atoms with Crippen molar-refractivity contribution in [3.8, 4) is 0 Å². The maximum Gasteiger partial charge on any atom is 0.147 e. The highest BCUT2D eigenvalue weighted by atomic mass is 15.1. The Labute approximate surface area is 107 Å². The molecule has 0 spiro atoms. The minimum atomic E-state index is 0.201. The summed E-state index contributed by atoms with van der Waals surface area (Å²) < 4.78 is 0.